The molecule has 0 rings (SSSR count). The summed E-state index contributed by atoms with van der Waals surface area (Å²) in [6.45, 7) is 3.27. The van der Waals surface area contributed by atoms with Gasteiger partial charge in [-0.2, -0.15) is 0 Å². The Hall–Kier alpha value is 1.01. The molecule has 0 aliphatic heterocycles. The summed E-state index contributed by atoms with van der Waals surface area (Å²) < 4.78 is 9.76. The molecule has 0 amide bonds. The Morgan fingerprint density at radius 1 is 1.15 bits per heavy atom. The van der Waals surface area contributed by atoms with Crippen molar-refractivity contribution >= 4 is 23.1 Å². The molecule has 0 bridgehead atoms. The predicted octanol–water partition coefficient (Wildman–Crippen LogP) is -4.41. The van der Waals surface area contributed by atoms with E-state index in [1.807, 2.05) is 0 Å². The van der Waals surface area contributed by atoms with E-state index in [1.54, 1.807) is 7.11 Å². The minimum absolute atomic E-state index is 0. The zero-order valence-electron chi connectivity index (χ0n) is 8.26. The molecule has 0 fully saturated rings. The van der Waals surface area contributed by atoms with Crippen LogP contribution in [0.4, 0.5) is 0 Å². The number of halogens is 2. The molecular weight excluding hydrogens is 223 g/mol. The summed E-state index contributed by atoms with van der Waals surface area (Å²) in [6, 6.07) is 0. The summed E-state index contributed by atoms with van der Waals surface area (Å²) in [5, 5.41) is 0. The van der Waals surface area contributed by atoms with Gasteiger partial charge in [-0.15, -0.1) is 0 Å². The topological polar surface area (TPSA) is 18.5 Å². The summed E-state index contributed by atoms with van der Waals surface area (Å²) in [7, 11) is 1.63. The molecule has 0 spiro atoms. The molecule has 0 aromatic rings. The first-order valence-electron chi connectivity index (χ1n) is 3.63. The first-order valence-corrected chi connectivity index (χ1v) is 3.63. The first kappa shape index (κ1) is 23.7. The van der Waals surface area contributed by atoms with Crippen LogP contribution in [0.15, 0.2) is 12.2 Å². The van der Waals surface area contributed by atoms with Crippen molar-refractivity contribution in [2.45, 2.75) is 19.8 Å². The van der Waals surface area contributed by atoms with Gasteiger partial charge in [0.1, 0.15) is 6.79 Å². The van der Waals surface area contributed by atoms with E-state index in [0.29, 0.717) is 6.79 Å². The summed E-state index contributed by atoms with van der Waals surface area (Å²) in [5.74, 6) is 0. The molecule has 0 aromatic carbocycles. The maximum absolute atomic E-state index is 5.06. The van der Waals surface area contributed by atoms with E-state index >= 15 is 0 Å². The van der Waals surface area contributed by atoms with Gasteiger partial charge in [0, 0.05) is 7.11 Å². The van der Waals surface area contributed by atoms with Crippen LogP contribution in [0, 0.1) is 0 Å². The molecule has 0 N–H and O–H groups in total. The van der Waals surface area contributed by atoms with Crippen LogP contribution in [0.2, 0.25) is 0 Å². The van der Waals surface area contributed by atoms with Crippen LogP contribution < -0.4 is 24.8 Å². The average molecular weight is 239 g/mol. The van der Waals surface area contributed by atoms with Gasteiger partial charge in [0.25, 0.3) is 0 Å². The van der Waals surface area contributed by atoms with Gasteiger partial charge in [-0.1, -0.05) is 19.1 Å². The Labute approximate surface area is 109 Å². The van der Waals surface area contributed by atoms with Gasteiger partial charge in [0.05, 0.1) is 6.61 Å². The smallest absolute Gasteiger partial charge is 1.00 e. The van der Waals surface area contributed by atoms with Gasteiger partial charge in [-0.05, 0) is 12.8 Å². The van der Waals surface area contributed by atoms with Gasteiger partial charge < -0.3 is 34.3 Å². The summed E-state index contributed by atoms with van der Waals surface area (Å²) in [6.07, 6.45) is 6.34. The maximum Gasteiger partial charge on any atom is 2.00 e. The molecule has 0 aliphatic rings. The molecule has 0 aromatic heterocycles. The van der Waals surface area contributed by atoms with Crippen LogP contribution in [-0.4, -0.2) is 43.6 Å². The van der Waals surface area contributed by atoms with Crippen LogP contribution in [0.1, 0.15) is 19.8 Å². The van der Waals surface area contributed by atoms with Crippen LogP contribution >= 0.6 is 0 Å². The fourth-order valence-electron chi connectivity index (χ4n) is 0.578. The summed E-state index contributed by atoms with van der Waals surface area (Å²) in [4.78, 5) is 0. The van der Waals surface area contributed by atoms with Gasteiger partial charge in [0.2, 0.25) is 0 Å². The number of hydrogen-bond donors (Lipinski definition) is 0. The average Bonchev–Trinajstić information content (AvgIpc) is 1.97. The van der Waals surface area contributed by atoms with Crippen LogP contribution in [0.3, 0.4) is 0 Å². The van der Waals surface area contributed by atoms with Gasteiger partial charge in [0.15, 0.2) is 0 Å². The van der Waals surface area contributed by atoms with Crippen molar-refractivity contribution in [1.29, 1.82) is 0 Å². The van der Waals surface area contributed by atoms with Gasteiger partial charge in [-0.3, -0.25) is 0 Å². The van der Waals surface area contributed by atoms with E-state index in [9.17, 15) is 0 Å². The predicted molar refractivity (Wildman–Crippen MR) is 47.6 cm³/mol. The van der Waals surface area contributed by atoms with Gasteiger partial charge >= 0.3 is 23.1 Å². The van der Waals surface area contributed by atoms with Crippen molar-refractivity contribution in [2.24, 2.45) is 0 Å². The molecule has 13 heavy (non-hydrogen) atoms. The van der Waals surface area contributed by atoms with Crippen LogP contribution in [-0.2, 0) is 9.47 Å². The fraction of sp³-hybridized carbons (Fsp3) is 0.750. The molecule has 76 valence electrons. The van der Waals surface area contributed by atoms with Crippen molar-refractivity contribution < 1.29 is 34.3 Å². The Morgan fingerprint density at radius 3 is 2.23 bits per heavy atom. The number of hydrogen-bond acceptors (Lipinski definition) is 2. The van der Waals surface area contributed by atoms with E-state index in [2.05, 4.69) is 19.1 Å². The van der Waals surface area contributed by atoms with Crippen molar-refractivity contribution in [3.8, 4) is 0 Å². The zero-order valence-corrected chi connectivity index (χ0v) is 11.2. The third-order valence-electron chi connectivity index (χ3n) is 1.03. The van der Waals surface area contributed by atoms with Gasteiger partial charge in [-0.25, -0.2) is 0 Å². The largest absolute Gasteiger partial charge is 2.00 e. The minimum Gasteiger partial charge on any atom is -1.00 e. The normalized spacial score (nSPS) is 8.46. The maximum atomic E-state index is 5.06. The number of ether oxygens (including phenoxy) is 2. The molecule has 0 heterocycles. The van der Waals surface area contributed by atoms with Crippen molar-refractivity contribution in [2.75, 3.05) is 20.5 Å². The Morgan fingerprint density at radius 2 is 1.77 bits per heavy atom. The molecule has 5 heteroatoms. The number of rotatable bonds is 6. The van der Waals surface area contributed by atoms with E-state index in [-0.39, 0.29) is 47.9 Å². The van der Waals surface area contributed by atoms with E-state index in [0.717, 1.165) is 19.4 Å². The summed E-state index contributed by atoms with van der Waals surface area (Å²) >= 11 is 0. The van der Waals surface area contributed by atoms with Crippen molar-refractivity contribution in [3.05, 3.63) is 12.2 Å². The molecule has 0 aliphatic carbocycles. The standard InChI is InChI=1S/C8H16O2.2ClH.Mg/c1-3-4-5-6-7-10-8-9-2;;;/h4-5H,3,6-8H2,1-2H3;2*1H;/q;;;+2/p-2/b5-4+;;;. The SMILES string of the molecule is CC/C=C/CCOCOC.[Cl-].[Cl-].[Mg+2]. The summed E-state index contributed by atoms with van der Waals surface area (Å²) in [5.41, 5.74) is 0. The van der Waals surface area contributed by atoms with E-state index < -0.39 is 0 Å². The zero-order chi connectivity index (χ0) is 7.66. The third kappa shape index (κ3) is 24.6. The number of allylic oxidation sites excluding steroid dienone is 1. The fourth-order valence-corrected chi connectivity index (χ4v) is 0.578. The molecule has 2 nitrogen and oxygen atoms in total. The van der Waals surface area contributed by atoms with E-state index in [4.69, 9.17) is 9.47 Å². The molecule has 0 atom stereocenters. The second-order valence-corrected chi connectivity index (χ2v) is 1.98. The molecule has 0 radical (unpaired) electrons. The Bertz CT molecular complexity index is 92.2. The van der Waals surface area contributed by atoms with E-state index in [1.165, 1.54) is 0 Å². The minimum atomic E-state index is 0. The molecule has 0 unspecified atom stereocenters. The second kappa shape index (κ2) is 23.1. The molecule has 0 saturated carbocycles. The second-order valence-electron chi connectivity index (χ2n) is 1.98. The molecule has 0 saturated heterocycles. The van der Waals surface area contributed by atoms with Crippen LogP contribution in [0.5, 0.6) is 0 Å². The first-order chi connectivity index (χ1) is 4.91. The molecular formula is C8H16Cl2MgO2. The Balaban J connectivity index is -0.000000135. The third-order valence-corrected chi connectivity index (χ3v) is 1.03. The van der Waals surface area contributed by atoms with Crippen molar-refractivity contribution in [3.63, 3.8) is 0 Å². The van der Waals surface area contributed by atoms with Crippen LogP contribution in [0.25, 0.3) is 0 Å². The monoisotopic (exact) mass is 238 g/mol. The van der Waals surface area contributed by atoms with Crippen molar-refractivity contribution in [1.82, 2.24) is 0 Å². The Kier molecular flexibility index (Phi) is 42.1. The number of methoxy groups -OCH3 is 1. The quantitative estimate of drug-likeness (QED) is 0.202.